The monoisotopic (exact) mass is 562 g/mol. The first-order chi connectivity index (χ1) is 18.6. The highest BCUT2D eigenvalue weighted by Crippen LogP contribution is 2.33. The van der Waals surface area contributed by atoms with Crippen LogP contribution >= 0.6 is 16.8 Å². The maximum absolute atomic E-state index is 12.7. The van der Waals surface area contributed by atoms with Crippen LogP contribution in [-0.2, 0) is 4.57 Å². The summed E-state index contributed by atoms with van der Waals surface area (Å²) in [4.78, 5) is 56.3. The molecule has 6 N–H and O–H groups in total. The van der Waals surface area contributed by atoms with Gasteiger partial charge in [-0.15, -0.1) is 9.24 Å². The van der Waals surface area contributed by atoms with E-state index in [-0.39, 0.29) is 22.5 Å². The Morgan fingerprint density at radius 1 is 0.590 bits per heavy atom. The van der Waals surface area contributed by atoms with Gasteiger partial charge in [0.2, 0.25) is 0 Å². The predicted molar refractivity (Wildman–Crippen MR) is 155 cm³/mol. The first kappa shape index (κ1) is 27.7. The Labute approximate surface area is 226 Å². The molecule has 4 amide bonds. The Morgan fingerprint density at radius 3 is 1.77 bits per heavy atom. The summed E-state index contributed by atoms with van der Waals surface area (Å²) in [7, 11) is -1.89. The van der Waals surface area contributed by atoms with Crippen molar-refractivity contribution >= 4 is 68.0 Å². The lowest BCUT2D eigenvalue weighted by atomic mass is 10.1. The Bertz CT molecular complexity index is 1570. The molecule has 198 valence electrons. The highest BCUT2D eigenvalue weighted by atomic mass is 31.2. The van der Waals surface area contributed by atoms with Gasteiger partial charge < -0.3 is 31.1 Å². The van der Waals surface area contributed by atoms with E-state index in [0.29, 0.717) is 22.6 Å². The molecule has 0 fully saturated rings. The third-order valence-electron chi connectivity index (χ3n) is 5.40. The molecule has 0 aliphatic heterocycles. The van der Waals surface area contributed by atoms with Crippen molar-refractivity contribution in [3.63, 3.8) is 0 Å². The van der Waals surface area contributed by atoms with Crippen LogP contribution < -0.4 is 31.9 Å². The van der Waals surface area contributed by atoms with Gasteiger partial charge in [0.25, 0.3) is 11.8 Å². The van der Waals surface area contributed by atoms with Gasteiger partial charge in [0.05, 0.1) is 5.30 Å². The van der Waals surface area contributed by atoms with Crippen LogP contribution in [0.25, 0.3) is 0 Å². The quantitative estimate of drug-likeness (QED) is 0.186. The summed E-state index contributed by atoms with van der Waals surface area (Å²) in [5.74, 6) is -0.814. The molecule has 0 saturated heterocycles. The Kier molecular flexibility index (Phi) is 8.54. The number of nitrogens with one attached hydrogen (secondary N) is 4. The van der Waals surface area contributed by atoms with E-state index < -0.39 is 19.5 Å². The highest BCUT2D eigenvalue weighted by Gasteiger charge is 2.18. The molecule has 0 radical (unpaired) electrons. The summed E-state index contributed by atoms with van der Waals surface area (Å²) in [5, 5.41) is 11.5. The fourth-order valence-corrected chi connectivity index (χ4v) is 4.25. The standard InChI is InChI=1S/C27H24N4O6P2/c32-25(28-19-11-13-23(38)14-12-19)17-7-9-20(10-8-17)30-27(34)31-21-4-1-3-18(15-21)26(33)29-22-5-2-6-24(16-22)39(35,36)37/h1-16H,38H2,(H,28,32)(H,29,33)(H2,30,31,34)(H2,35,36,37). The van der Waals surface area contributed by atoms with Crippen LogP contribution in [0.3, 0.4) is 0 Å². The molecule has 4 aromatic carbocycles. The zero-order chi connectivity index (χ0) is 28.0. The van der Waals surface area contributed by atoms with E-state index in [9.17, 15) is 28.7 Å². The van der Waals surface area contributed by atoms with Gasteiger partial charge in [0.15, 0.2) is 0 Å². The van der Waals surface area contributed by atoms with Gasteiger partial charge in [0.1, 0.15) is 0 Å². The highest BCUT2D eigenvalue weighted by molar-refractivity contribution is 7.60. The van der Waals surface area contributed by atoms with Gasteiger partial charge in [-0.3, -0.25) is 14.2 Å². The molecule has 10 nitrogen and oxygen atoms in total. The van der Waals surface area contributed by atoms with Crippen molar-refractivity contribution in [1.82, 2.24) is 0 Å². The predicted octanol–water partition coefficient (Wildman–Crippen LogP) is 4.14. The van der Waals surface area contributed by atoms with E-state index in [4.69, 9.17) is 0 Å². The number of carbonyl (C=O) groups is 3. The van der Waals surface area contributed by atoms with Crippen LogP contribution in [-0.4, -0.2) is 27.6 Å². The second-order valence-corrected chi connectivity index (χ2v) is 10.6. The van der Waals surface area contributed by atoms with Gasteiger partial charge in [-0.1, -0.05) is 24.3 Å². The molecule has 0 saturated carbocycles. The second-order valence-electron chi connectivity index (χ2n) is 8.36. The van der Waals surface area contributed by atoms with Crippen molar-refractivity contribution in [2.75, 3.05) is 21.3 Å². The van der Waals surface area contributed by atoms with E-state index in [1.54, 1.807) is 48.5 Å². The van der Waals surface area contributed by atoms with E-state index in [0.717, 1.165) is 5.30 Å². The Hall–Kier alpha value is -4.33. The van der Waals surface area contributed by atoms with Crippen LogP contribution in [0.4, 0.5) is 27.5 Å². The minimum absolute atomic E-state index is 0.215. The smallest absolute Gasteiger partial charge is 0.322 e. The summed E-state index contributed by atoms with van der Waals surface area (Å²) >= 11 is 0. The molecule has 1 atom stereocenters. The Balaban J connectivity index is 1.34. The van der Waals surface area contributed by atoms with Crippen molar-refractivity contribution in [1.29, 1.82) is 0 Å². The van der Waals surface area contributed by atoms with Crippen LogP contribution in [0.1, 0.15) is 20.7 Å². The number of carbonyl (C=O) groups excluding carboxylic acids is 3. The van der Waals surface area contributed by atoms with Crippen molar-refractivity contribution in [2.24, 2.45) is 0 Å². The molecule has 39 heavy (non-hydrogen) atoms. The number of rotatable bonds is 7. The van der Waals surface area contributed by atoms with E-state index in [2.05, 4.69) is 30.5 Å². The third kappa shape index (κ3) is 7.83. The number of amides is 4. The molecule has 0 aliphatic carbocycles. The van der Waals surface area contributed by atoms with Crippen molar-refractivity contribution < 1.29 is 28.7 Å². The van der Waals surface area contributed by atoms with Crippen LogP contribution in [0.2, 0.25) is 0 Å². The molecule has 0 aliphatic rings. The summed E-state index contributed by atoms with van der Waals surface area (Å²) in [6.07, 6.45) is 0. The van der Waals surface area contributed by atoms with E-state index >= 15 is 0 Å². The van der Waals surface area contributed by atoms with Crippen LogP contribution in [0.15, 0.2) is 97.1 Å². The average Bonchev–Trinajstić information content (AvgIpc) is 2.90. The number of benzene rings is 4. The number of hydrogen-bond acceptors (Lipinski definition) is 4. The summed E-state index contributed by atoms with van der Waals surface area (Å²) < 4.78 is 11.5. The largest absolute Gasteiger partial charge is 0.356 e. The Morgan fingerprint density at radius 2 is 1.10 bits per heavy atom. The van der Waals surface area contributed by atoms with Gasteiger partial charge in [0, 0.05) is 33.9 Å². The minimum atomic E-state index is -4.46. The summed E-state index contributed by atoms with van der Waals surface area (Å²) in [5.41, 5.74) is 2.32. The van der Waals surface area contributed by atoms with Crippen molar-refractivity contribution in [3.05, 3.63) is 108 Å². The minimum Gasteiger partial charge on any atom is -0.322 e. The zero-order valence-electron chi connectivity index (χ0n) is 20.3. The van der Waals surface area contributed by atoms with Crippen LogP contribution in [0.5, 0.6) is 0 Å². The summed E-state index contributed by atoms with van der Waals surface area (Å²) in [6, 6.07) is 24.7. The van der Waals surface area contributed by atoms with Gasteiger partial charge in [-0.05, 0) is 78.1 Å². The first-order valence-electron chi connectivity index (χ1n) is 11.5. The maximum atomic E-state index is 12.7. The maximum Gasteiger partial charge on any atom is 0.356 e. The molecular weight excluding hydrogens is 538 g/mol. The molecule has 0 heterocycles. The van der Waals surface area contributed by atoms with Gasteiger partial charge in [-0.25, -0.2) is 4.79 Å². The topological polar surface area (TPSA) is 157 Å². The molecule has 4 rings (SSSR count). The molecule has 1 unspecified atom stereocenters. The number of anilines is 4. The SMILES string of the molecule is O=C(Nc1ccc(C(=O)Nc2ccc(P)cc2)cc1)Nc1cccc(C(=O)Nc2cccc(P(=O)(O)O)c2)c1. The fourth-order valence-electron chi connectivity index (χ4n) is 3.47. The zero-order valence-corrected chi connectivity index (χ0v) is 22.3. The first-order valence-corrected chi connectivity index (χ1v) is 13.7. The third-order valence-corrected chi connectivity index (χ3v) is 6.73. The molecular formula is C27H24N4O6P2. The molecule has 4 aromatic rings. The fraction of sp³-hybridized carbons (Fsp3) is 0. The van der Waals surface area contributed by atoms with Gasteiger partial charge >= 0.3 is 13.6 Å². The molecule has 0 bridgehead atoms. The number of urea groups is 1. The summed E-state index contributed by atoms with van der Waals surface area (Å²) in [6.45, 7) is 0. The van der Waals surface area contributed by atoms with Gasteiger partial charge in [-0.2, -0.15) is 0 Å². The second kappa shape index (κ2) is 12.0. The number of hydrogen-bond donors (Lipinski definition) is 6. The van der Waals surface area contributed by atoms with Crippen molar-refractivity contribution in [3.8, 4) is 0 Å². The lowest BCUT2D eigenvalue weighted by Crippen LogP contribution is -2.20. The lowest BCUT2D eigenvalue weighted by molar-refractivity contribution is 0.101. The van der Waals surface area contributed by atoms with Crippen LogP contribution in [0, 0.1) is 0 Å². The lowest BCUT2D eigenvalue weighted by Gasteiger charge is -2.11. The molecule has 12 heteroatoms. The van der Waals surface area contributed by atoms with E-state index in [1.807, 2.05) is 12.1 Å². The van der Waals surface area contributed by atoms with E-state index in [1.165, 1.54) is 36.4 Å². The van der Waals surface area contributed by atoms with Crippen molar-refractivity contribution in [2.45, 2.75) is 0 Å². The normalized spacial score (nSPS) is 10.8. The molecule has 0 spiro atoms. The molecule has 0 aromatic heterocycles. The average molecular weight is 562 g/mol.